The molecule has 1 saturated heterocycles. The Kier molecular flexibility index (Phi) is 6.47. The Balaban J connectivity index is 1.87. The Labute approximate surface area is 198 Å². The highest BCUT2D eigenvalue weighted by molar-refractivity contribution is 7.90. The SMILES string of the molecule is Cc1cc([C@H](C)Oc2ccc(F)cc2S(C)(=O)=O)c2nc(N3CCOCC3)c(C)c(C#N)c2c1. The Morgan fingerprint density at radius 1 is 1.21 bits per heavy atom. The van der Waals surface area contributed by atoms with E-state index in [1.807, 2.05) is 26.0 Å². The average molecular weight is 484 g/mol. The van der Waals surface area contributed by atoms with E-state index in [2.05, 4.69) is 11.0 Å². The average Bonchev–Trinajstić information content (AvgIpc) is 2.79. The lowest BCUT2D eigenvalue weighted by Gasteiger charge is -2.30. The van der Waals surface area contributed by atoms with E-state index >= 15 is 0 Å². The van der Waals surface area contributed by atoms with E-state index in [0.29, 0.717) is 48.3 Å². The summed E-state index contributed by atoms with van der Waals surface area (Å²) >= 11 is 0. The van der Waals surface area contributed by atoms with Gasteiger partial charge in [0.2, 0.25) is 0 Å². The molecule has 2 aromatic carbocycles. The third-order valence-corrected chi connectivity index (χ3v) is 7.07. The smallest absolute Gasteiger partial charge is 0.179 e. The molecule has 0 amide bonds. The van der Waals surface area contributed by atoms with Crippen LogP contribution in [-0.2, 0) is 14.6 Å². The molecule has 1 aromatic heterocycles. The van der Waals surface area contributed by atoms with Crippen molar-refractivity contribution >= 4 is 26.6 Å². The molecule has 2 heterocycles. The van der Waals surface area contributed by atoms with Crippen molar-refractivity contribution in [2.45, 2.75) is 31.8 Å². The summed E-state index contributed by atoms with van der Waals surface area (Å²) in [5, 5.41) is 10.7. The molecule has 1 fully saturated rings. The van der Waals surface area contributed by atoms with Gasteiger partial charge in [-0.3, -0.25) is 0 Å². The lowest BCUT2D eigenvalue weighted by molar-refractivity contribution is 0.122. The predicted molar refractivity (Wildman–Crippen MR) is 128 cm³/mol. The fourth-order valence-corrected chi connectivity index (χ4v) is 5.09. The summed E-state index contributed by atoms with van der Waals surface area (Å²) in [6.07, 6.45) is 0.395. The highest BCUT2D eigenvalue weighted by Crippen LogP contribution is 2.36. The van der Waals surface area contributed by atoms with Crippen LogP contribution in [0.25, 0.3) is 10.9 Å². The molecular weight excluding hydrogens is 457 g/mol. The molecule has 178 valence electrons. The second-order valence-electron chi connectivity index (χ2n) is 8.52. The molecule has 3 aromatic rings. The number of rotatable bonds is 5. The Morgan fingerprint density at radius 2 is 1.91 bits per heavy atom. The molecule has 0 saturated carbocycles. The molecule has 0 unspecified atom stereocenters. The zero-order chi connectivity index (χ0) is 24.6. The fourth-order valence-electron chi connectivity index (χ4n) is 4.29. The summed E-state index contributed by atoms with van der Waals surface area (Å²) in [5.74, 6) is 0.128. The molecule has 0 bridgehead atoms. The molecule has 4 rings (SSSR count). The molecule has 34 heavy (non-hydrogen) atoms. The van der Waals surface area contributed by atoms with Crippen molar-refractivity contribution in [3.8, 4) is 11.8 Å². The highest BCUT2D eigenvalue weighted by Gasteiger charge is 2.24. The summed E-state index contributed by atoms with van der Waals surface area (Å²) in [5.41, 5.74) is 3.59. The van der Waals surface area contributed by atoms with Crippen LogP contribution in [0.3, 0.4) is 0 Å². The van der Waals surface area contributed by atoms with Gasteiger partial charge in [-0.05, 0) is 50.6 Å². The zero-order valence-corrected chi connectivity index (χ0v) is 20.4. The summed E-state index contributed by atoms with van der Waals surface area (Å²) in [6, 6.07) is 9.62. The van der Waals surface area contributed by atoms with Crippen molar-refractivity contribution in [3.63, 3.8) is 0 Å². The minimum Gasteiger partial charge on any atom is -0.485 e. The molecule has 7 nitrogen and oxygen atoms in total. The number of fused-ring (bicyclic) bond motifs is 1. The van der Waals surface area contributed by atoms with Crippen LogP contribution in [-0.4, -0.2) is 46.0 Å². The molecule has 9 heteroatoms. The van der Waals surface area contributed by atoms with Crippen LogP contribution in [0.1, 0.15) is 35.3 Å². The van der Waals surface area contributed by atoms with Crippen LogP contribution in [0.5, 0.6) is 5.75 Å². The van der Waals surface area contributed by atoms with Crippen molar-refractivity contribution in [3.05, 3.63) is 58.4 Å². The van der Waals surface area contributed by atoms with E-state index in [1.165, 1.54) is 6.07 Å². The molecule has 0 spiro atoms. The Bertz CT molecular complexity index is 1410. The van der Waals surface area contributed by atoms with Gasteiger partial charge < -0.3 is 14.4 Å². The first-order chi connectivity index (χ1) is 16.1. The maximum atomic E-state index is 13.8. The lowest BCUT2D eigenvalue weighted by atomic mass is 9.96. The summed E-state index contributed by atoms with van der Waals surface area (Å²) < 4.78 is 49.7. The lowest BCUT2D eigenvalue weighted by Crippen LogP contribution is -2.37. The number of anilines is 1. The fraction of sp³-hybridized carbons (Fsp3) is 0.360. The second-order valence-corrected chi connectivity index (χ2v) is 10.5. The maximum absolute atomic E-state index is 13.8. The summed E-state index contributed by atoms with van der Waals surface area (Å²) in [7, 11) is -3.71. The highest BCUT2D eigenvalue weighted by atomic mass is 32.2. The summed E-state index contributed by atoms with van der Waals surface area (Å²) in [6.45, 7) is 8.11. The number of benzene rings is 2. The molecule has 0 N–H and O–H groups in total. The molecule has 1 aliphatic heterocycles. The number of aromatic nitrogens is 1. The van der Waals surface area contributed by atoms with Gasteiger partial charge in [0.25, 0.3) is 0 Å². The number of sulfone groups is 1. The van der Waals surface area contributed by atoms with Gasteiger partial charge >= 0.3 is 0 Å². The number of aryl methyl sites for hydroxylation is 1. The molecule has 0 aliphatic carbocycles. The third kappa shape index (κ3) is 4.56. The quantitative estimate of drug-likeness (QED) is 0.536. The number of hydrogen-bond donors (Lipinski definition) is 0. The second kappa shape index (κ2) is 9.20. The first-order valence-electron chi connectivity index (χ1n) is 10.9. The first kappa shape index (κ1) is 23.9. The number of pyridine rings is 1. The number of morpholine rings is 1. The number of nitrogens with zero attached hydrogens (tertiary/aromatic N) is 3. The van der Waals surface area contributed by atoms with Crippen LogP contribution in [0.15, 0.2) is 35.2 Å². The Morgan fingerprint density at radius 3 is 2.56 bits per heavy atom. The van der Waals surface area contributed by atoms with Gasteiger partial charge in [-0.1, -0.05) is 6.07 Å². The molecule has 0 radical (unpaired) electrons. The monoisotopic (exact) mass is 483 g/mol. The van der Waals surface area contributed by atoms with Gasteiger partial charge in [-0.25, -0.2) is 17.8 Å². The minimum atomic E-state index is -3.71. The minimum absolute atomic E-state index is 0.0621. The topological polar surface area (TPSA) is 92.5 Å². The standard InChI is InChI=1S/C25H26FN3O4S/c1-15-11-19(17(3)33-22-6-5-18(26)13-23(22)34(4,30)31)24-20(12-15)21(14-27)16(2)25(28-24)29-7-9-32-10-8-29/h5-6,11-13,17H,7-10H2,1-4H3/t17-/m0/s1. The number of hydrogen-bond acceptors (Lipinski definition) is 7. The van der Waals surface area contributed by atoms with Gasteiger partial charge in [0.1, 0.15) is 34.5 Å². The van der Waals surface area contributed by atoms with Gasteiger partial charge in [-0.15, -0.1) is 0 Å². The molecular formula is C25H26FN3O4S. The van der Waals surface area contributed by atoms with Crippen molar-refractivity contribution in [2.24, 2.45) is 0 Å². The van der Waals surface area contributed by atoms with Crippen molar-refractivity contribution in [1.82, 2.24) is 4.98 Å². The normalized spacial score (nSPS) is 15.2. The number of ether oxygens (including phenoxy) is 2. The molecule has 1 aliphatic rings. The van der Waals surface area contributed by atoms with E-state index in [4.69, 9.17) is 14.5 Å². The summed E-state index contributed by atoms with van der Waals surface area (Å²) in [4.78, 5) is 6.85. The van der Waals surface area contributed by atoms with Crippen LogP contribution in [0.2, 0.25) is 0 Å². The van der Waals surface area contributed by atoms with Crippen molar-refractivity contribution < 1.29 is 22.3 Å². The van der Waals surface area contributed by atoms with Crippen LogP contribution >= 0.6 is 0 Å². The first-order valence-corrected chi connectivity index (χ1v) is 12.8. The third-order valence-electron chi connectivity index (χ3n) is 5.95. The van der Waals surface area contributed by atoms with E-state index in [9.17, 15) is 18.1 Å². The largest absolute Gasteiger partial charge is 0.485 e. The number of nitriles is 1. The van der Waals surface area contributed by atoms with E-state index in [1.54, 1.807) is 6.92 Å². The predicted octanol–water partition coefficient (Wildman–Crippen LogP) is 4.24. The van der Waals surface area contributed by atoms with Gasteiger partial charge in [-0.2, -0.15) is 5.26 Å². The number of halogens is 1. The maximum Gasteiger partial charge on any atom is 0.179 e. The van der Waals surface area contributed by atoms with Crippen LogP contribution in [0, 0.1) is 31.0 Å². The van der Waals surface area contributed by atoms with Crippen molar-refractivity contribution in [2.75, 3.05) is 37.5 Å². The van der Waals surface area contributed by atoms with E-state index in [-0.39, 0.29) is 10.6 Å². The Hall–Kier alpha value is -3.22. The van der Waals surface area contributed by atoms with Gasteiger partial charge in [0.05, 0.1) is 24.3 Å². The van der Waals surface area contributed by atoms with Gasteiger partial charge in [0, 0.05) is 35.9 Å². The van der Waals surface area contributed by atoms with Crippen molar-refractivity contribution in [1.29, 1.82) is 5.26 Å². The van der Waals surface area contributed by atoms with Crippen LogP contribution in [0.4, 0.5) is 10.2 Å². The van der Waals surface area contributed by atoms with E-state index < -0.39 is 21.8 Å². The zero-order valence-electron chi connectivity index (χ0n) is 19.6. The van der Waals surface area contributed by atoms with Gasteiger partial charge in [0.15, 0.2) is 9.84 Å². The van der Waals surface area contributed by atoms with E-state index in [0.717, 1.165) is 35.3 Å². The van der Waals surface area contributed by atoms with Crippen LogP contribution < -0.4 is 9.64 Å². The molecule has 1 atom stereocenters.